The minimum Gasteiger partial charge on any atom is -0.396 e. The average Bonchev–Trinajstić information content (AvgIpc) is 2.32. The first-order chi connectivity index (χ1) is 7.41. The van der Waals surface area contributed by atoms with E-state index in [1.165, 1.54) is 70.6 Å². The van der Waals surface area contributed by atoms with Gasteiger partial charge in [-0.3, -0.25) is 0 Å². The van der Waals surface area contributed by atoms with Crippen LogP contribution >= 0.6 is 0 Å². The van der Waals surface area contributed by atoms with E-state index in [1.807, 2.05) is 0 Å². The zero-order valence-electron chi connectivity index (χ0n) is 10.6. The second kappa shape index (κ2) is 14.0. The summed E-state index contributed by atoms with van der Waals surface area (Å²) in [7, 11) is 0. The number of aliphatic hydroxyl groups is 1. The van der Waals surface area contributed by atoms with E-state index in [1.54, 1.807) is 0 Å². The van der Waals surface area contributed by atoms with Gasteiger partial charge in [-0.05, 0) is 6.42 Å². The van der Waals surface area contributed by atoms with E-state index in [2.05, 4.69) is 6.92 Å². The van der Waals surface area contributed by atoms with Crippen LogP contribution in [0, 0.1) is 0 Å². The molecule has 1 nitrogen and oxygen atoms in total. The van der Waals surface area contributed by atoms with Gasteiger partial charge in [0.05, 0.1) is 0 Å². The second-order valence-corrected chi connectivity index (χ2v) is 4.61. The standard InChI is InChI=1S/C8H18O.C6H12/c1-2-3-4-5-6-7-8-9;1-2-4-6-5-3-1/h9H,2-8H2,1H3;1-6H2. The van der Waals surface area contributed by atoms with Crippen LogP contribution in [-0.2, 0) is 0 Å². The van der Waals surface area contributed by atoms with Crippen molar-refractivity contribution < 1.29 is 5.11 Å². The lowest BCUT2D eigenvalue weighted by atomic mass is 10.0. The van der Waals surface area contributed by atoms with E-state index in [0.717, 1.165) is 6.42 Å². The van der Waals surface area contributed by atoms with Crippen molar-refractivity contribution in [3.8, 4) is 0 Å². The van der Waals surface area contributed by atoms with Crippen LogP contribution in [0.25, 0.3) is 0 Å². The fourth-order valence-corrected chi connectivity index (χ4v) is 1.95. The molecule has 0 aromatic carbocycles. The predicted molar refractivity (Wildman–Crippen MR) is 68.2 cm³/mol. The number of hydrogen-bond donors (Lipinski definition) is 1. The highest BCUT2D eigenvalue weighted by molar-refractivity contribution is 4.51. The minimum absolute atomic E-state index is 0.367. The molecule has 92 valence electrons. The van der Waals surface area contributed by atoms with Crippen LogP contribution in [0.4, 0.5) is 0 Å². The predicted octanol–water partition coefficient (Wildman–Crippen LogP) is 4.68. The molecule has 0 aliphatic heterocycles. The quantitative estimate of drug-likeness (QED) is 0.636. The van der Waals surface area contributed by atoms with E-state index < -0.39 is 0 Å². The van der Waals surface area contributed by atoms with Gasteiger partial charge in [-0.15, -0.1) is 0 Å². The molecule has 0 bridgehead atoms. The molecule has 0 amide bonds. The molecule has 1 saturated carbocycles. The second-order valence-electron chi connectivity index (χ2n) is 4.61. The van der Waals surface area contributed by atoms with E-state index in [4.69, 9.17) is 5.11 Å². The number of hydrogen-bond acceptors (Lipinski definition) is 1. The van der Waals surface area contributed by atoms with Crippen LogP contribution in [0.2, 0.25) is 0 Å². The third-order valence-electron chi connectivity index (χ3n) is 3.01. The van der Waals surface area contributed by atoms with Gasteiger partial charge in [-0.1, -0.05) is 77.6 Å². The third-order valence-corrected chi connectivity index (χ3v) is 3.01. The van der Waals surface area contributed by atoms with E-state index in [-0.39, 0.29) is 0 Å². The van der Waals surface area contributed by atoms with Crippen LogP contribution in [0.5, 0.6) is 0 Å². The van der Waals surface area contributed by atoms with Crippen molar-refractivity contribution in [2.45, 2.75) is 84.0 Å². The molecule has 1 fully saturated rings. The van der Waals surface area contributed by atoms with Crippen molar-refractivity contribution in [1.29, 1.82) is 0 Å². The molecule has 1 N–H and O–H groups in total. The summed E-state index contributed by atoms with van der Waals surface area (Å²) in [6, 6.07) is 0. The molecule has 0 heterocycles. The van der Waals surface area contributed by atoms with E-state index in [9.17, 15) is 0 Å². The van der Waals surface area contributed by atoms with Crippen molar-refractivity contribution in [3.63, 3.8) is 0 Å². The zero-order valence-corrected chi connectivity index (χ0v) is 10.6. The topological polar surface area (TPSA) is 20.2 Å². The molecule has 0 unspecified atom stereocenters. The molecule has 1 rings (SSSR count). The van der Waals surface area contributed by atoms with Crippen LogP contribution in [-0.4, -0.2) is 11.7 Å². The summed E-state index contributed by atoms with van der Waals surface area (Å²) in [5, 5.41) is 8.42. The fraction of sp³-hybridized carbons (Fsp3) is 1.00. The summed E-state index contributed by atoms with van der Waals surface area (Å²) < 4.78 is 0. The Morgan fingerprint density at radius 1 is 0.667 bits per heavy atom. The maximum absolute atomic E-state index is 8.42. The molecular formula is C14H30O. The molecule has 15 heavy (non-hydrogen) atoms. The van der Waals surface area contributed by atoms with Crippen LogP contribution < -0.4 is 0 Å². The highest BCUT2D eigenvalue weighted by atomic mass is 16.2. The van der Waals surface area contributed by atoms with Gasteiger partial charge in [0.2, 0.25) is 0 Å². The summed E-state index contributed by atoms with van der Waals surface area (Å²) in [4.78, 5) is 0. The highest BCUT2D eigenvalue weighted by Gasteiger charge is 1.95. The summed E-state index contributed by atoms with van der Waals surface area (Å²) in [6.07, 6.45) is 16.5. The van der Waals surface area contributed by atoms with Crippen LogP contribution in [0.1, 0.15) is 84.0 Å². The zero-order chi connectivity index (χ0) is 11.2. The summed E-state index contributed by atoms with van der Waals surface area (Å²) in [5.41, 5.74) is 0. The lowest BCUT2D eigenvalue weighted by Gasteiger charge is -2.05. The Balaban J connectivity index is 0.000000280. The lowest BCUT2D eigenvalue weighted by Crippen LogP contribution is -1.85. The molecule has 0 spiro atoms. The molecule has 0 aromatic rings. The molecule has 0 radical (unpaired) electrons. The Bertz CT molecular complexity index is 80.0. The molecule has 0 atom stereocenters. The number of rotatable bonds is 6. The van der Waals surface area contributed by atoms with Gasteiger partial charge < -0.3 is 5.11 Å². The maximum Gasteiger partial charge on any atom is 0.0431 e. The molecule has 1 aliphatic rings. The smallest absolute Gasteiger partial charge is 0.0431 e. The van der Waals surface area contributed by atoms with Gasteiger partial charge in [0.1, 0.15) is 0 Å². The minimum atomic E-state index is 0.367. The SMILES string of the molecule is C1CCCCC1.CCCCCCCCO. The third kappa shape index (κ3) is 14.0. The van der Waals surface area contributed by atoms with Gasteiger partial charge in [-0.2, -0.15) is 0 Å². The first kappa shape index (κ1) is 15.0. The Morgan fingerprint density at radius 2 is 1.07 bits per heavy atom. The van der Waals surface area contributed by atoms with Crippen LogP contribution in [0.3, 0.4) is 0 Å². The lowest BCUT2D eigenvalue weighted by molar-refractivity contribution is 0.282. The molecule has 0 aromatic heterocycles. The number of unbranched alkanes of at least 4 members (excludes halogenated alkanes) is 5. The highest BCUT2D eigenvalue weighted by Crippen LogP contribution is 2.15. The Kier molecular flexibility index (Phi) is 13.9. The van der Waals surface area contributed by atoms with Gasteiger partial charge >= 0.3 is 0 Å². The van der Waals surface area contributed by atoms with Gasteiger partial charge in [0.25, 0.3) is 0 Å². The van der Waals surface area contributed by atoms with Crippen molar-refractivity contribution in [3.05, 3.63) is 0 Å². The monoisotopic (exact) mass is 214 g/mol. The fourth-order valence-electron chi connectivity index (χ4n) is 1.95. The van der Waals surface area contributed by atoms with Gasteiger partial charge in [0, 0.05) is 6.61 Å². The molecule has 1 aliphatic carbocycles. The maximum atomic E-state index is 8.42. The van der Waals surface area contributed by atoms with E-state index in [0.29, 0.717) is 6.61 Å². The average molecular weight is 214 g/mol. The summed E-state index contributed by atoms with van der Waals surface area (Å²) in [6.45, 7) is 2.58. The first-order valence-electron chi connectivity index (χ1n) is 7.02. The Hall–Kier alpha value is -0.0400. The normalized spacial score (nSPS) is 15.6. The summed E-state index contributed by atoms with van der Waals surface area (Å²) in [5.74, 6) is 0. The Morgan fingerprint density at radius 3 is 1.47 bits per heavy atom. The van der Waals surface area contributed by atoms with E-state index >= 15 is 0 Å². The summed E-state index contributed by atoms with van der Waals surface area (Å²) >= 11 is 0. The largest absolute Gasteiger partial charge is 0.396 e. The molecule has 0 saturated heterocycles. The Labute approximate surface area is 96.3 Å². The van der Waals surface area contributed by atoms with Crippen molar-refractivity contribution in [2.24, 2.45) is 0 Å². The van der Waals surface area contributed by atoms with Crippen molar-refractivity contribution >= 4 is 0 Å². The van der Waals surface area contributed by atoms with Crippen LogP contribution in [0.15, 0.2) is 0 Å². The van der Waals surface area contributed by atoms with Crippen molar-refractivity contribution in [2.75, 3.05) is 6.61 Å². The molecular weight excluding hydrogens is 184 g/mol. The van der Waals surface area contributed by atoms with Gasteiger partial charge in [0.15, 0.2) is 0 Å². The molecule has 1 heteroatoms. The first-order valence-corrected chi connectivity index (χ1v) is 7.02. The number of aliphatic hydroxyl groups excluding tert-OH is 1. The van der Waals surface area contributed by atoms with Crippen molar-refractivity contribution in [1.82, 2.24) is 0 Å². The van der Waals surface area contributed by atoms with Gasteiger partial charge in [-0.25, -0.2) is 0 Å².